The van der Waals surface area contributed by atoms with Crippen LogP contribution >= 0.6 is 0 Å². The van der Waals surface area contributed by atoms with E-state index in [1.54, 1.807) is 0 Å². The van der Waals surface area contributed by atoms with Crippen molar-refractivity contribution in [2.45, 2.75) is 0 Å². The number of carbonyl (C=O) groups is 1. The van der Waals surface area contributed by atoms with E-state index in [0.717, 1.165) is 49.6 Å². The minimum Gasteiger partial charge on any atom is -0.467 e. The number of methoxy groups -OCH3 is 1. The Balaban J connectivity index is 1.16. The molecular formula is C35H23N5O2. The number of benzene rings is 6. The van der Waals surface area contributed by atoms with Gasteiger partial charge in [0.1, 0.15) is 0 Å². The van der Waals surface area contributed by atoms with E-state index >= 15 is 0 Å². The lowest BCUT2D eigenvalue weighted by Crippen LogP contribution is -2.10. The number of ether oxygens (including phenoxy) is 1. The monoisotopic (exact) mass is 545 g/mol. The number of rotatable bonds is 5. The van der Waals surface area contributed by atoms with E-state index in [1.165, 1.54) is 17.9 Å². The maximum absolute atomic E-state index is 13.3. The van der Waals surface area contributed by atoms with Crippen molar-refractivity contribution in [3.63, 3.8) is 0 Å². The summed E-state index contributed by atoms with van der Waals surface area (Å²) in [7, 11) is 1.52. The maximum Gasteiger partial charge on any atom is 0.322 e. The van der Waals surface area contributed by atoms with E-state index in [-0.39, 0.29) is 11.8 Å². The van der Waals surface area contributed by atoms with Crippen molar-refractivity contribution in [3.8, 4) is 17.1 Å². The van der Waals surface area contributed by atoms with Gasteiger partial charge in [-0.1, -0.05) is 78.9 Å². The van der Waals surface area contributed by atoms with Crippen LogP contribution < -0.4 is 15.4 Å². The third kappa shape index (κ3) is 3.90. The molecular weight excluding hydrogens is 522 g/mol. The van der Waals surface area contributed by atoms with E-state index in [4.69, 9.17) is 4.74 Å². The van der Waals surface area contributed by atoms with Crippen molar-refractivity contribution in [1.29, 1.82) is 0 Å². The summed E-state index contributed by atoms with van der Waals surface area (Å²) in [4.78, 5) is 26.9. The molecule has 6 aromatic carbocycles. The number of fused-ring (bicyclic) bond motifs is 4. The van der Waals surface area contributed by atoms with Gasteiger partial charge in [0.15, 0.2) is 5.78 Å². The van der Waals surface area contributed by atoms with Crippen LogP contribution in [-0.4, -0.2) is 27.8 Å². The first-order valence-electron chi connectivity index (χ1n) is 13.6. The highest BCUT2D eigenvalue weighted by Crippen LogP contribution is 2.42. The molecule has 7 aromatic rings. The normalized spacial score (nSPS) is 12.0. The van der Waals surface area contributed by atoms with Gasteiger partial charge in [0.25, 0.3) is 0 Å². The highest BCUT2D eigenvalue weighted by molar-refractivity contribution is 6.27. The Kier molecular flexibility index (Phi) is 5.37. The highest BCUT2D eigenvalue weighted by atomic mass is 16.5. The van der Waals surface area contributed by atoms with Gasteiger partial charge in [0.2, 0.25) is 11.9 Å². The lowest BCUT2D eigenvalue weighted by molar-refractivity contribution is 0.104. The molecule has 0 saturated heterocycles. The Morgan fingerprint density at radius 2 is 1.26 bits per heavy atom. The number of nitrogens with zero attached hydrogens (tertiary/aromatic N) is 3. The van der Waals surface area contributed by atoms with Gasteiger partial charge < -0.3 is 15.4 Å². The minimum absolute atomic E-state index is 0.0255. The number of ketones is 1. The predicted octanol–water partition coefficient (Wildman–Crippen LogP) is 8.04. The van der Waals surface area contributed by atoms with Crippen LogP contribution in [0.15, 0.2) is 109 Å². The van der Waals surface area contributed by atoms with Crippen molar-refractivity contribution < 1.29 is 9.53 Å². The average molecular weight is 546 g/mol. The van der Waals surface area contributed by atoms with Crippen LogP contribution in [0.4, 0.5) is 23.3 Å². The molecule has 42 heavy (non-hydrogen) atoms. The van der Waals surface area contributed by atoms with Crippen LogP contribution in [0.1, 0.15) is 15.9 Å². The summed E-state index contributed by atoms with van der Waals surface area (Å²) in [6.07, 6.45) is 0. The maximum atomic E-state index is 13.3. The van der Waals surface area contributed by atoms with Crippen LogP contribution in [0.2, 0.25) is 0 Å². The van der Waals surface area contributed by atoms with Crippen molar-refractivity contribution >= 4 is 61.4 Å². The number of aromatic nitrogens is 3. The van der Waals surface area contributed by atoms with Crippen molar-refractivity contribution in [1.82, 2.24) is 15.0 Å². The van der Waals surface area contributed by atoms with Gasteiger partial charge in [0.05, 0.1) is 7.11 Å². The molecule has 7 nitrogen and oxygen atoms in total. The Hall–Kier alpha value is -5.82. The average Bonchev–Trinajstić information content (AvgIpc) is 3.03. The second-order valence-electron chi connectivity index (χ2n) is 10.2. The zero-order valence-corrected chi connectivity index (χ0v) is 22.6. The second-order valence-corrected chi connectivity index (χ2v) is 10.2. The van der Waals surface area contributed by atoms with E-state index in [1.807, 2.05) is 72.8 Å². The molecule has 0 fully saturated rings. The van der Waals surface area contributed by atoms with Gasteiger partial charge in [-0.2, -0.15) is 15.0 Å². The fourth-order valence-electron chi connectivity index (χ4n) is 5.82. The molecule has 8 rings (SSSR count). The fraction of sp³-hybridized carbons (Fsp3) is 0.0286. The number of anilines is 4. The third-order valence-corrected chi connectivity index (χ3v) is 7.75. The molecule has 0 aliphatic heterocycles. The van der Waals surface area contributed by atoms with Gasteiger partial charge in [-0.05, 0) is 63.0 Å². The summed E-state index contributed by atoms with van der Waals surface area (Å²) in [6.45, 7) is 0. The molecule has 0 unspecified atom stereocenters. The molecule has 0 radical (unpaired) electrons. The van der Waals surface area contributed by atoms with Crippen molar-refractivity contribution in [3.05, 3.63) is 120 Å². The summed E-state index contributed by atoms with van der Waals surface area (Å²) >= 11 is 0. The van der Waals surface area contributed by atoms with Gasteiger partial charge >= 0.3 is 6.01 Å². The topological polar surface area (TPSA) is 89.0 Å². The van der Waals surface area contributed by atoms with E-state index in [9.17, 15) is 4.79 Å². The number of hydrogen-bond donors (Lipinski definition) is 2. The zero-order valence-electron chi connectivity index (χ0n) is 22.6. The lowest BCUT2D eigenvalue weighted by atomic mass is 9.82. The molecule has 7 heteroatoms. The van der Waals surface area contributed by atoms with Gasteiger partial charge in [-0.3, -0.25) is 4.79 Å². The molecule has 1 heterocycles. The Bertz CT molecular complexity index is 2230. The first-order chi connectivity index (χ1) is 20.6. The molecule has 200 valence electrons. The van der Waals surface area contributed by atoms with Gasteiger partial charge in [-0.15, -0.1) is 0 Å². The minimum atomic E-state index is 0.0255. The van der Waals surface area contributed by atoms with Gasteiger partial charge in [-0.25, -0.2) is 0 Å². The predicted molar refractivity (Wildman–Crippen MR) is 167 cm³/mol. The summed E-state index contributed by atoms with van der Waals surface area (Å²) in [5.41, 5.74) is 4.99. The molecule has 0 atom stereocenters. The van der Waals surface area contributed by atoms with E-state index < -0.39 is 0 Å². The first kappa shape index (κ1) is 24.0. The largest absolute Gasteiger partial charge is 0.467 e. The number of nitrogens with one attached hydrogen (secondary N) is 2. The molecule has 1 aromatic heterocycles. The molecule has 1 aliphatic rings. The summed E-state index contributed by atoms with van der Waals surface area (Å²) in [5.74, 6) is 0.688. The molecule has 0 amide bonds. The Morgan fingerprint density at radius 3 is 2.07 bits per heavy atom. The lowest BCUT2D eigenvalue weighted by Gasteiger charge is -2.21. The van der Waals surface area contributed by atoms with Gasteiger partial charge in [0, 0.05) is 33.3 Å². The molecule has 0 saturated carbocycles. The quantitative estimate of drug-likeness (QED) is 0.212. The van der Waals surface area contributed by atoms with E-state index in [0.29, 0.717) is 17.5 Å². The summed E-state index contributed by atoms with van der Waals surface area (Å²) < 4.78 is 5.41. The molecule has 2 N–H and O–H groups in total. The zero-order chi connectivity index (χ0) is 28.2. The fourth-order valence-corrected chi connectivity index (χ4v) is 5.82. The van der Waals surface area contributed by atoms with E-state index in [2.05, 4.69) is 62.0 Å². The Labute approximate surface area is 240 Å². The smallest absolute Gasteiger partial charge is 0.322 e. The highest BCUT2D eigenvalue weighted by Gasteiger charge is 2.25. The molecule has 0 spiro atoms. The summed E-state index contributed by atoms with van der Waals surface area (Å²) in [5, 5.41) is 13.1. The van der Waals surface area contributed by atoms with Crippen molar-refractivity contribution in [2.24, 2.45) is 0 Å². The van der Waals surface area contributed by atoms with Crippen LogP contribution in [0, 0.1) is 0 Å². The Morgan fingerprint density at radius 1 is 0.571 bits per heavy atom. The summed E-state index contributed by atoms with van der Waals surface area (Å²) in [6, 6.07) is 36.6. The van der Waals surface area contributed by atoms with Crippen LogP contribution in [-0.2, 0) is 0 Å². The van der Waals surface area contributed by atoms with Crippen LogP contribution in [0.3, 0.4) is 0 Å². The standard InChI is InChI=1S/C35H23N5O2/c1-42-35-39-33(36-24-14-13-22-17-20-7-2-3-8-21(20)18-23(22)19-24)38-34(40-35)37-30-16-15-26-25-9-4-5-10-27(25)32(41)29-12-6-11-28(30)31(26)29/h2-19H,1H3,(H2,36,37,38,39,40). The first-order valence-corrected chi connectivity index (χ1v) is 13.6. The van der Waals surface area contributed by atoms with Crippen molar-refractivity contribution in [2.75, 3.05) is 17.7 Å². The second kappa shape index (κ2) is 9.38. The third-order valence-electron chi connectivity index (χ3n) is 7.75. The number of hydrogen-bond acceptors (Lipinski definition) is 7. The molecule has 0 bridgehead atoms. The van der Waals surface area contributed by atoms with Crippen LogP contribution in [0.25, 0.3) is 43.4 Å². The number of carbonyl (C=O) groups excluding carboxylic acids is 1. The SMILES string of the molecule is COc1nc(Nc2ccc3cc4ccccc4cc3c2)nc(Nc2ccc3c4c(cccc24)C(=O)c2ccccc2-3)n1. The molecule has 1 aliphatic carbocycles. The van der Waals surface area contributed by atoms with Crippen LogP contribution in [0.5, 0.6) is 6.01 Å².